The van der Waals surface area contributed by atoms with Crippen molar-refractivity contribution in [3.05, 3.63) is 24.0 Å². The van der Waals surface area contributed by atoms with Gasteiger partial charge in [0.2, 0.25) is 0 Å². The van der Waals surface area contributed by atoms with Crippen LogP contribution < -0.4 is 5.73 Å². The highest BCUT2D eigenvalue weighted by molar-refractivity contribution is 5.34. The van der Waals surface area contributed by atoms with E-state index in [9.17, 15) is 13.2 Å². The summed E-state index contributed by atoms with van der Waals surface area (Å²) in [4.78, 5) is 5.33. The maximum atomic E-state index is 12.3. The van der Waals surface area contributed by atoms with Gasteiger partial charge in [0.1, 0.15) is 0 Å². The zero-order chi connectivity index (χ0) is 12.9. The Morgan fingerprint density at radius 1 is 1.35 bits per heavy atom. The molecule has 1 aromatic heterocycles. The Morgan fingerprint density at radius 3 is 2.53 bits per heavy atom. The second kappa shape index (κ2) is 5.86. The van der Waals surface area contributed by atoms with E-state index in [1.807, 2.05) is 6.92 Å². The first kappa shape index (κ1) is 13.8. The lowest BCUT2D eigenvalue weighted by Crippen LogP contribution is -2.34. The van der Waals surface area contributed by atoms with Gasteiger partial charge in [-0.25, -0.2) is 0 Å². The van der Waals surface area contributed by atoms with Gasteiger partial charge >= 0.3 is 6.18 Å². The lowest BCUT2D eigenvalue weighted by molar-refractivity contribution is -0.147. The minimum Gasteiger partial charge on any atom is -0.397 e. The van der Waals surface area contributed by atoms with Gasteiger partial charge in [-0.3, -0.25) is 9.88 Å². The summed E-state index contributed by atoms with van der Waals surface area (Å²) in [5.41, 5.74) is 6.56. The van der Waals surface area contributed by atoms with E-state index in [1.54, 1.807) is 12.1 Å². The lowest BCUT2D eigenvalue weighted by atomic mass is 10.3. The van der Waals surface area contributed by atoms with Gasteiger partial charge in [-0.15, -0.1) is 0 Å². The first-order valence-corrected chi connectivity index (χ1v) is 5.40. The number of nitrogens with zero attached hydrogens (tertiary/aromatic N) is 2. The summed E-state index contributed by atoms with van der Waals surface area (Å²) < 4.78 is 36.9. The third-order valence-electron chi connectivity index (χ3n) is 2.18. The van der Waals surface area contributed by atoms with Crippen LogP contribution in [0.3, 0.4) is 0 Å². The maximum Gasteiger partial charge on any atom is 0.401 e. The molecule has 0 spiro atoms. The van der Waals surface area contributed by atoms with E-state index >= 15 is 0 Å². The standard InChI is InChI=1S/C11H16F3N3/c1-2-5-17(8-11(12,13)14)7-10-4-3-9(15)6-16-10/h3-4,6H,2,5,7-8,15H2,1H3. The Hall–Kier alpha value is -1.30. The molecule has 0 aliphatic heterocycles. The summed E-state index contributed by atoms with van der Waals surface area (Å²) >= 11 is 0. The number of hydrogen-bond acceptors (Lipinski definition) is 3. The molecule has 0 aliphatic carbocycles. The quantitative estimate of drug-likeness (QED) is 0.869. The zero-order valence-corrected chi connectivity index (χ0v) is 9.67. The molecule has 0 aliphatic rings. The monoisotopic (exact) mass is 247 g/mol. The van der Waals surface area contributed by atoms with Gasteiger partial charge in [0.05, 0.1) is 24.1 Å². The molecule has 0 amide bonds. The molecule has 0 radical (unpaired) electrons. The van der Waals surface area contributed by atoms with Crippen LogP contribution in [0.4, 0.5) is 18.9 Å². The number of hydrogen-bond donors (Lipinski definition) is 1. The number of rotatable bonds is 5. The summed E-state index contributed by atoms with van der Waals surface area (Å²) in [5.74, 6) is 0. The summed E-state index contributed by atoms with van der Waals surface area (Å²) in [6.07, 6.45) is -2.05. The average Bonchev–Trinajstić information content (AvgIpc) is 2.19. The number of pyridine rings is 1. The third-order valence-corrected chi connectivity index (χ3v) is 2.18. The molecule has 0 bridgehead atoms. The second-order valence-corrected chi connectivity index (χ2v) is 3.91. The molecule has 96 valence electrons. The Morgan fingerprint density at radius 2 is 2.06 bits per heavy atom. The highest BCUT2D eigenvalue weighted by Gasteiger charge is 2.30. The van der Waals surface area contributed by atoms with Crippen molar-refractivity contribution in [2.75, 3.05) is 18.8 Å². The van der Waals surface area contributed by atoms with Gasteiger partial charge in [-0.2, -0.15) is 13.2 Å². The first-order chi connectivity index (χ1) is 7.90. The maximum absolute atomic E-state index is 12.3. The summed E-state index contributed by atoms with van der Waals surface area (Å²) in [7, 11) is 0. The topological polar surface area (TPSA) is 42.1 Å². The van der Waals surface area contributed by atoms with Crippen LogP contribution in [0.25, 0.3) is 0 Å². The van der Waals surface area contributed by atoms with Crippen molar-refractivity contribution in [2.24, 2.45) is 0 Å². The smallest absolute Gasteiger partial charge is 0.397 e. The molecule has 2 N–H and O–H groups in total. The Balaban J connectivity index is 2.63. The second-order valence-electron chi connectivity index (χ2n) is 3.91. The van der Waals surface area contributed by atoms with Gasteiger partial charge in [-0.1, -0.05) is 6.92 Å². The predicted molar refractivity (Wildman–Crippen MR) is 60.3 cm³/mol. The van der Waals surface area contributed by atoms with E-state index in [-0.39, 0.29) is 6.54 Å². The normalized spacial score (nSPS) is 12.1. The van der Waals surface area contributed by atoms with Gasteiger partial charge in [0.25, 0.3) is 0 Å². The Bertz CT molecular complexity index is 335. The molecule has 1 heterocycles. The van der Waals surface area contributed by atoms with Gasteiger partial charge in [-0.05, 0) is 25.1 Å². The van der Waals surface area contributed by atoms with E-state index in [0.717, 1.165) is 0 Å². The van der Waals surface area contributed by atoms with Crippen LogP contribution in [0.15, 0.2) is 18.3 Å². The fourth-order valence-electron chi connectivity index (χ4n) is 1.54. The van der Waals surface area contributed by atoms with E-state index in [4.69, 9.17) is 5.73 Å². The highest BCUT2D eigenvalue weighted by atomic mass is 19.4. The minimum absolute atomic E-state index is 0.188. The van der Waals surface area contributed by atoms with E-state index < -0.39 is 12.7 Å². The molecule has 0 saturated carbocycles. The summed E-state index contributed by atoms with van der Waals surface area (Å²) in [5, 5.41) is 0. The van der Waals surface area contributed by atoms with Crippen molar-refractivity contribution in [1.82, 2.24) is 9.88 Å². The fraction of sp³-hybridized carbons (Fsp3) is 0.545. The van der Waals surface area contributed by atoms with Gasteiger partial charge in [0, 0.05) is 6.54 Å². The SMILES string of the molecule is CCCN(Cc1ccc(N)cn1)CC(F)(F)F. The lowest BCUT2D eigenvalue weighted by Gasteiger charge is -2.22. The Kier molecular flexibility index (Phi) is 4.74. The van der Waals surface area contributed by atoms with Crippen molar-refractivity contribution >= 4 is 5.69 Å². The van der Waals surface area contributed by atoms with Crippen LogP contribution in [0.1, 0.15) is 19.0 Å². The number of anilines is 1. The number of halogens is 3. The van der Waals surface area contributed by atoms with Crippen LogP contribution in [-0.2, 0) is 6.54 Å². The van der Waals surface area contributed by atoms with Crippen molar-refractivity contribution in [3.63, 3.8) is 0 Å². The predicted octanol–water partition coefficient (Wildman–Crippen LogP) is 2.44. The average molecular weight is 247 g/mol. The number of alkyl halides is 3. The van der Waals surface area contributed by atoms with Crippen molar-refractivity contribution in [2.45, 2.75) is 26.1 Å². The van der Waals surface area contributed by atoms with Gasteiger partial charge in [0.15, 0.2) is 0 Å². The molecular formula is C11H16F3N3. The Labute approximate surface area is 98.4 Å². The molecule has 0 aromatic carbocycles. The van der Waals surface area contributed by atoms with Crippen LogP contribution >= 0.6 is 0 Å². The molecule has 6 heteroatoms. The summed E-state index contributed by atoms with van der Waals surface area (Å²) in [6, 6.07) is 3.29. The molecule has 0 saturated heterocycles. The first-order valence-electron chi connectivity index (χ1n) is 5.40. The summed E-state index contributed by atoms with van der Waals surface area (Å²) in [6.45, 7) is 1.52. The van der Waals surface area contributed by atoms with Crippen LogP contribution in [0.2, 0.25) is 0 Å². The van der Waals surface area contributed by atoms with Crippen molar-refractivity contribution in [3.8, 4) is 0 Å². The highest BCUT2D eigenvalue weighted by Crippen LogP contribution is 2.18. The van der Waals surface area contributed by atoms with Crippen molar-refractivity contribution in [1.29, 1.82) is 0 Å². The van der Waals surface area contributed by atoms with E-state index in [0.29, 0.717) is 24.3 Å². The van der Waals surface area contributed by atoms with Crippen molar-refractivity contribution < 1.29 is 13.2 Å². The molecule has 0 unspecified atom stereocenters. The third kappa shape index (κ3) is 5.53. The largest absolute Gasteiger partial charge is 0.401 e. The molecule has 1 rings (SSSR count). The molecule has 17 heavy (non-hydrogen) atoms. The van der Waals surface area contributed by atoms with Crippen LogP contribution in [0.5, 0.6) is 0 Å². The van der Waals surface area contributed by atoms with Gasteiger partial charge < -0.3 is 5.73 Å². The number of nitrogen functional groups attached to an aromatic ring is 1. The fourth-order valence-corrected chi connectivity index (χ4v) is 1.54. The molecule has 0 atom stereocenters. The van der Waals surface area contributed by atoms with Crippen LogP contribution in [0, 0.1) is 0 Å². The zero-order valence-electron chi connectivity index (χ0n) is 9.67. The molecule has 3 nitrogen and oxygen atoms in total. The number of nitrogens with two attached hydrogens (primary N) is 1. The number of aromatic nitrogens is 1. The molecule has 0 fully saturated rings. The molecular weight excluding hydrogens is 231 g/mol. The minimum atomic E-state index is -4.18. The van der Waals surface area contributed by atoms with Crippen LogP contribution in [-0.4, -0.2) is 29.1 Å². The van der Waals surface area contributed by atoms with E-state index in [2.05, 4.69) is 4.98 Å². The van der Waals surface area contributed by atoms with E-state index in [1.165, 1.54) is 11.1 Å². The molecule has 1 aromatic rings.